The predicted octanol–water partition coefficient (Wildman–Crippen LogP) is 3.50. The summed E-state index contributed by atoms with van der Waals surface area (Å²) in [4.78, 5) is 18.6. The second-order valence-electron chi connectivity index (χ2n) is 7.48. The maximum absolute atomic E-state index is 13.5. The zero-order chi connectivity index (χ0) is 24.3. The molecule has 0 aliphatic heterocycles. The Hall–Kier alpha value is -3.54. The van der Waals surface area contributed by atoms with Crippen molar-refractivity contribution in [3.63, 3.8) is 0 Å². The summed E-state index contributed by atoms with van der Waals surface area (Å²) in [6.45, 7) is 6.77. The molecule has 0 aliphatic rings. The van der Waals surface area contributed by atoms with Gasteiger partial charge in [-0.25, -0.2) is 27.3 Å². The van der Waals surface area contributed by atoms with Gasteiger partial charge in [-0.1, -0.05) is 11.3 Å². The number of aromatic nitrogens is 4. The topological polar surface area (TPSA) is 119 Å². The number of amides is 1. The number of nitrogens with one attached hydrogen (secondary N) is 1. The summed E-state index contributed by atoms with van der Waals surface area (Å²) >= 11 is 0. The van der Waals surface area contributed by atoms with E-state index in [1.54, 1.807) is 46.9 Å². The van der Waals surface area contributed by atoms with E-state index in [0.717, 1.165) is 6.07 Å². The number of benzene rings is 1. The van der Waals surface area contributed by atoms with Gasteiger partial charge < -0.3 is 4.74 Å². The Morgan fingerprint density at radius 3 is 2.61 bits per heavy atom. The predicted molar refractivity (Wildman–Crippen MR) is 122 cm³/mol. The molecule has 1 amide bonds. The van der Waals surface area contributed by atoms with Crippen molar-refractivity contribution in [1.82, 2.24) is 20.0 Å². The minimum atomic E-state index is -3.53. The Bertz CT molecular complexity index is 1280. The van der Waals surface area contributed by atoms with Gasteiger partial charge >= 0.3 is 6.09 Å². The van der Waals surface area contributed by atoms with Crippen LogP contribution in [0.2, 0.25) is 0 Å². The number of ether oxygens (including phenoxy) is 1. The number of hydrogen-bond acceptors (Lipinski definition) is 7. The highest BCUT2D eigenvalue weighted by molar-refractivity contribution is 7.93. The van der Waals surface area contributed by atoms with Crippen LogP contribution >= 0.6 is 0 Å². The molecule has 33 heavy (non-hydrogen) atoms. The molecule has 0 radical (unpaired) electrons. The lowest BCUT2D eigenvalue weighted by Gasteiger charge is -2.21. The van der Waals surface area contributed by atoms with E-state index in [0.29, 0.717) is 28.6 Å². The van der Waals surface area contributed by atoms with Crippen molar-refractivity contribution in [2.45, 2.75) is 32.9 Å². The molecule has 0 saturated heterocycles. The SMILES string of the molecule is CCN(C(=O)Oc1cccc(F)c1)c1c(-c2ccc(NS(=O)(=O)C(C)C)c(C)n2)nnn1C. The molecule has 1 aromatic carbocycles. The van der Waals surface area contributed by atoms with Crippen molar-refractivity contribution >= 4 is 27.6 Å². The number of halogens is 1. The van der Waals surface area contributed by atoms with Crippen LogP contribution < -0.4 is 14.4 Å². The van der Waals surface area contributed by atoms with E-state index in [4.69, 9.17) is 4.74 Å². The van der Waals surface area contributed by atoms with Crippen molar-refractivity contribution < 1.29 is 22.3 Å². The first-order chi connectivity index (χ1) is 15.5. The molecule has 0 atom stereocenters. The highest BCUT2D eigenvalue weighted by Gasteiger charge is 2.26. The molecule has 2 heterocycles. The lowest BCUT2D eigenvalue weighted by molar-refractivity contribution is 0.207. The molecule has 0 spiro atoms. The molecule has 10 nitrogen and oxygen atoms in total. The molecule has 3 rings (SSSR count). The normalized spacial score (nSPS) is 11.5. The number of carbonyl (C=O) groups excluding carboxylic acids is 1. The van der Waals surface area contributed by atoms with Crippen molar-refractivity contribution in [3.05, 3.63) is 47.9 Å². The maximum Gasteiger partial charge on any atom is 0.420 e. The van der Waals surface area contributed by atoms with Gasteiger partial charge in [0, 0.05) is 19.7 Å². The largest absolute Gasteiger partial charge is 0.420 e. The smallest absolute Gasteiger partial charge is 0.410 e. The summed E-state index contributed by atoms with van der Waals surface area (Å²) in [5, 5.41) is 7.53. The van der Waals surface area contributed by atoms with Crippen LogP contribution in [0.25, 0.3) is 11.4 Å². The van der Waals surface area contributed by atoms with Crippen LogP contribution in [-0.2, 0) is 17.1 Å². The third kappa shape index (κ3) is 5.28. The van der Waals surface area contributed by atoms with Crippen molar-refractivity contribution in [1.29, 1.82) is 0 Å². The van der Waals surface area contributed by atoms with E-state index in [1.165, 1.54) is 27.8 Å². The third-order valence-corrected chi connectivity index (χ3v) is 6.54. The zero-order valence-electron chi connectivity index (χ0n) is 18.9. The summed E-state index contributed by atoms with van der Waals surface area (Å²) in [6.07, 6.45) is -0.743. The first-order valence-corrected chi connectivity index (χ1v) is 11.7. The van der Waals surface area contributed by atoms with Gasteiger partial charge in [0.05, 0.1) is 22.3 Å². The first kappa shape index (κ1) is 24.1. The van der Waals surface area contributed by atoms with Crippen LogP contribution in [0.3, 0.4) is 0 Å². The van der Waals surface area contributed by atoms with Gasteiger partial charge in [0.15, 0.2) is 11.5 Å². The van der Waals surface area contributed by atoms with Gasteiger partial charge in [0.2, 0.25) is 10.0 Å². The molecule has 12 heteroatoms. The van der Waals surface area contributed by atoms with E-state index in [-0.39, 0.29) is 12.3 Å². The fraction of sp³-hybridized carbons (Fsp3) is 0.333. The van der Waals surface area contributed by atoms with Gasteiger partial charge in [-0.15, -0.1) is 5.10 Å². The second kappa shape index (κ2) is 9.53. The van der Waals surface area contributed by atoms with E-state index in [9.17, 15) is 17.6 Å². The zero-order valence-corrected chi connectivity index (χ0v) is 19.7. The number of rotatable bonds is 7. The lowest BCUT2D eigenvalue weighted by Crippen LogP contribution is -2.35. The quantitative estimate of drug-likeness (QED) is 0.554. The first-order valence-electron chi connectivity index (χ1n) is 10.2. The van der Waals surface area contributed by atoms with Crippen molar-refractivity contribution in [3.8, 4) is 17.1 Å². The second-order valence-corrected chi connectivity index (χ2v) is 9.72. The van der Waals surface area contributed by atoms with Gasteiger partial charge in [0.1, 0.15) is 11.6 Å². The van der Waals surface area contributed by atoms with Crippen LogP contribution in [0.1, 0.15) is 26.5 Å². The Kier molecular flexibility index (Phi) is 6.96. The summed E-state index contributed by atoms with van der Waals surface area (Å²) in [5.41, 5.74) is 1.46. The van der Waals surface area contributed by atoms with E-state index in [1.807, 2.05) is 0 Å². The van der Waals surface area contributed by atoms with Crippen LogP contribution in [0.5, 0.6) is 5.75 Å². The molecule has 2 aromatic heterocycles. The summed E-state index contributed by atoms with van der Waals surface area (Å²) < 4.78 is 47.1. The number of anilines is 2. The number of aryl methyl sites for hydroxylation is 2. The molecule has 3 aromatic rings. The molecule has 0 bridgehead atoms. The molecule has 0 saturated carbocycles. The summed E-state index contributed by atoms with van der Waals surface area (Å²) in [6, 6.07) is 8.43. The molecule has 176 valence electrons. The molecule has 0 fully saturated rings. The number of sulfonamides is 1. The Balaban J connectivity index is 1.94. The number of hydrogen-bond donors (Lipinski definition) is 1. The fourth-order valence-electron chi connectivity index (χ4n) is 2.94. The standard InChI is InChI=1S/C21H25FN6O4S/c1-6-28(21(29)32-16-9-7-8-15(22)12-16)20-19(24-26-27(20)5)18-11-10-17(14(4)23-18)25-33(30,31)13(2)3/h7-13,25H,6H2,1-5H3. The Labute approximate surface area is 191 Å². The average Bonchev–Trinajstić information content (AvgIpc) is 3.11. The number of pyridine rings is 1. The fourth-order valence-corrected chi connectivity index (χ4v) is 3.70. The molecule has 0 unspecified atom stereocenters. The Morgan fingerprint density at radius 1 is 1.27 bits per heavy atom. The van der Waals surface area contributed by atoms with Crippen LogP contribution in [0, 0.1) is 12.7 Å². The summed E-state index contributed by atoms with van der Waals surface area (Å²) in [7, 11) is -1.92. The maximum atomic E-state index is 13.5. The molecule has 1 N–H and O–H groups in total. The van der Waals surface area contributed by atoms with Gasteiger partial charge in [0.25, 0.3) is 0 Å². The molecular weight excluding hydrogens is 451 g/mol. The highest BCUT2D eigenvalue weighted by Crippen LogP contribution is 2.30. The van der Waals surface area contributed by atoms with E-state index >= 15 is 0 Å². The van der Waals surface area contributed by atoms with E-state index in [2.05, 4.69) is 20.0 Å². The van der Waals surface area contributed by atoms with Crippen LogP contribution in [0.4, 0.5) is 20.7 Å². The average molecular weight is 477 g/mol. The van der Waals surface area contributed by atoms with Crippen molar-refractivity contribution in [2.24, 2.45) is 7.05 Å². The number of carbonyl (C=O) groups is 1. The molecule has 0 aliphatic carbocycles. The van der Waals surface area contributed by atoms with Crippen LogP contribution in [0.15, 0.2) is 36.4 Å². The number of nitrogens with zero attached hydrogens (tertiary/aromatic N) is 5. The van der Waals surface area contributed by atoms with Gasteiger partial charge in [-0.3, -0.25) is 9.62 Å². The molecular formula is C21H25FN6O4S. The minimum Gasteiger partial charge on any atom is -0.410 e. The van der Waals surface area contributed by atoms with Gasteiger partial charge in [-0.2, -0.15) is 0 Å². The van der Waals surface area contributed by atoms with Gasteiger partial charge in [-0.05, 0) is 52.0 Å². The monoisotopic (exact) mass is 476 g/mol. The minimum absolute atomic E-state index is 0.0610. The third-order valence-electron chi connectivity index (χ3n) is 4.79. The Morgan fingerprint density at radius 2 is 2.00 bits per heavy atom. The van der Waals surface area contributed by atoms with Crippen molar-refractivity contribution in [2.75, 3.05) is 16.2 Å². The highest BCUT2D eigenvalue weighted by atomic mass is 32.2. The van der Waals surface area contributed by atoms with Crippen LogP contribution in [-0.4, -0.2) is 46.3 Å². The van der Waals surface area contributed by atoms with E-state index < -0.39 is 27.2 Å². The summed E-state index contributed by atoms with van der Waals surface area (Å²) in [5.74, 6) is -0.147. The lowest BCUT2D eigenvalue weighted by atomic mass is 10.2.